The molecule has 1 aromatic carbocycles. The summed E-state index contributed by atoms with van der Waals surface area (Å²) in [6.45, 7) is 9.47. The molecule has 1 aliphatic heterocycles. The Labute approximate surface area is 121 Å². The molecule has 1 aromatic heterocycles. The van der Waals surface area contributed by atoms with Crippen LogP contribution in [0.2, 0.25) is 0 Å². The van der Waals surface area contributed by atoms with Gasteiger partial charge in [-0.3, -0.25) is 4.98 Å². The Balaban J connectivity index is 0.000000461. The molecule has 0 bridgehead atoms. The van der Waals surface area contributed by atoms with Crippen molar-refractivity contribution in [3.8, 4) is 5.75 Å². The summed E-state index contributed by atoms with van der Waals surface area (Å²) in [6, 6.07) is 6.01. The lowest BCUT2D eigenvalue weighted by Crippen LogP contribution is -2.10. The Bertz CT molecular complexity index is 532. The van der Waals surface area contributed by atoms with Crippen molar-refractivity contribution in [2.75, 3.05) is 13.7 Å². The molecular weight excluding hydrogens is 250 g/mol. The van der Waals surface area contributed by atoms with Crippen LogP contribution < -0.4 is 4.74 Å². The third-order valence-electron chi connectivity index (χ3n) is 3.03. The summed E-state index contributed by atoms with van der Waals surface area (Å²) in [6.07, 6.45) is 2.88. The van der Waals surface area contributed by atoms with E-state index in [1.165, 1.54) is 16.5 Å². The monoisotopic (exact) mass is 275 g/mol. The molecule has 0 N–H and O–H groups in total. The van der Waals surface area contributed by atoms with E-state index in [1.54, 1.807) is 7.11 Å². The maximum absolute atomic E-state index is 5.43. The van der Waals surface area contributed by atoms with Gasteiger partial charge in [-0.25, -0.2) is 0 Å². The topological polar surface area (TPSA) is 31.4 Å². The standard InChI is InChI=1S/C13H13NO2.2C2H6/c1-15-10-2-3-13-12(6-10)11-4-5-16-8-9(11)7-14-13;2*1-2/h2-3,6-7H,4-5,8H2,1H3;2*1-2H3. The Hall–Kier alpha value is -1.61. The molecule has 1 aliphatic rings. The van der Waals surface area contributed by atoms with Gasteiger partial charge in [-0.15, -0.1) is 0 Å². The van der Waals surface area contributed by atoms with Crippen molar-refractivity contribution in [1.29, 1.82) is 0 Å². The number of hydrogen-bond acceptors (Lipinski definition) is 3. The van der Waals surface area contributed by atoms with E-state index in [-0.39, 0.29) is 0 Å². The van der Waals surface area contributed by atoms with E-state index in [2.05, 4.69) is 11.1 Å². The van der Waals surface area contributed by atoms with Crippen LogP contribution in [0.25, 0.3) is 10.9 Å². The first-order valence-electron chi connectivity index (χ1n) is 7.41. The molecule has 3 rings (SSSR count). The van der Waals surface area contributed by atoms with Crippen LogP contribution >= 0.6 is 0 Å². The van der Waals surface area contributed by atoms with Gasteiger partial charge in [-0.1, -0.05) is 27.7 Å². The number of hydrogen-bond donors (Lipinski definition) is 0. The van der Waals surface area contributed by atoms with E-state index in [0.29, 0.717) is 6.61 Å². The van der Waals surface area contributed by atoms with Gasteiger partial charge in [0.15, 0.2) is 0 Å². The highest BCUT2D eigenvalue weighted by atomic mass is 16.5. The predicted octanol–water partition coefficient (Wildman–Crippen LogP) is 4.37. The maximum Gasteiger partial charge on any atom is 0.119 e. The van der Waals surface area contributed by atoms with Crippen LogP contribution in [0.3, 0.4) is 0 Å². The summed E-state index contributed by atoms with van der Waals surface area (Å²) in [7, 11) is 1.69. The minimum atomic E-state index is 0.676. The van der Waals surface area contributed by atoms with Crippen LogP contribution in [0, 0.1) is 0 Å². The van der Waals surface area contributed by atoms with Gasteiger partial charge >= 0.3 is 0 Å². The van der Waals surface area contributed by atoms with Gasteiger partial charge in [0.05, 0.1) is 25.8 Å². The summed E-state index contributed by atoms with van der Waals surface area (Å²) in [5, 5.41) is 1.19. The number of fused-ring (bicyclic) bond motifs is 3. The molecule has 110 valence electrons. The van der Waals surface area contributed by atoms with Crippen molar-refractivity contribution in [3.05, 3.63) is 35.5 Å². The Morgan fingerprint density at radius 2 is 1.90 bits per heavy atom. The van der Waals surface area contributed by atoms with Gasteiger partial charge < -0.3 is 9.47 Å². The van der Waals surface area contributed by atoms with Crippen molar-refractivity contribution in [2.45, 2.75) is 40.7 Å². The number of nitrogens with zero attached hydrogens (tertiary/aromatic N) is 1. The lowest BCUT2D eigenvalue weighted by Gasteiger charge is -2.18. The Morgan fingerprint density at radius 3 is 2.60 bits per heavy atom. The van der Waals surface area contributed by atoms with Gasteiger partial charge in [-0.05, 0) is 35.7 Å². The first kappa shape index (κ1) is 16.4. The summed E-state index contributed by atoms with van der Waals surface area (Å²) in [4.78, 5) is 4.43. The molecule has 0 aliphatic carbocycles. The van der Waals surface area contributed by atoms with E-state index in [1.807, 2.05) is 46.0 Å². The molecule has 2 aromatic rings. The average molecular weight is 275 g/mol. The second kappa shape index (κ2) is 8.54. The fraction of sp³-hybridized carbons (Fsp3) is 0.471. The number of benzene rings is 1. The second-order valence-corrected chi connectivity index (χ2v) is 3.95. The molecule has 0 atom stereocenters. The van der Waals surface area contributed by atoms with Crippen LogP contribution in [-0.4, -0.2) is 18.7 Å². The Morgan fingerprint density at radius 1 is 1.15 bits per heavy atom. The predicted molar refractivity (Wildman–Crippen MR) is 84.4 cm³/mol. The normalized spacial score (nSPS) is 12.4. The van der Waals surface area contributed by atoms with Crippen LogP contribution in [0.5, 0.6) is 5.75 Å². The van der Waals surface area contributed by atoms with Crippen molar-refractivity contribution >= 4 is 10.9 Å². The van der Waals surface area contributed by atoms with Crippen LogP contribution in [0.15, 0.2) is 24.4 Å². The second-order valence-electron chi connectivity index (χ2n) is 3.95. The highest BCUT2D eigenvalue weighted by Crippen LogP contribution is 2.27. The van der Waals surface area contributed by atoms with Crippen molar-refractivity contribution in [3.63, 3.8) is 0 Å². The fourth-order valence-electron chi connectivity index (χ4n) is 2.17. The average Bonchev–Trinajstić information content (AvgIpc) is 2.58. The van der Waals surface area contributed by atoms with Crippen LogP contribution in [0.1, 0.15) is 38.8 Å². The summed E-state index contributed by atoms with van der Waals surface area (Å²) in [5.74, 6) is 0.884. The molecule has 0 amide bonds. The fourth-order valence-corrected chi connectivity index (χ4v) is 2.17. The zero-order chi connectivity index (χ0) is 15.0. The molecule has 0 radical (unpaired) electrons. The quantitative estimate of drug-likeness (QED) is 0.774. The molecule has 20 heavy (non-hydrogen) atoms. The SMILES string of the molecule is CC.CC.COc1ccc2ncc3c(c2c1)CCOC3. The first-order chi connectivity index (χ1) is 9.88. The van der Waals surface area contributed by atoms with Crippen molar-refractivity contribution < 1.29 is 9.47 Å². The third-order valence-corrected chi connectivity index (χ3v) is 3.03. The van der Waals surface area contributed by atoms with Gasteiger partial charge in [0.1, 0.15) is 5.75 Å². The third kappa shape index (κ3) is 3.48. The molecule has 2 heterocycles. The zero-order valence-corrected chi connectivity index (χ0v) is 13.2. The van der Waals surface area contributed by atoms with E-state index in [4.69, 9.17) is 9.47 Å². The van der Waals surface area contributed by atoms with Crippen molar-refractivity contribution in [1.82, 2.24) is 4.98 Å². The number of methoxy groups -OCH3 is 1. The Kier molecular flexibility index (Phi) is 7.02. The smallest absolute Gasteiger partial charge is 0.119 e. The molecular formula is C17H25NO2. The molecule has 0 fully saturated rings. The van der Waals surface area contributed by atoms with Crippen LogP contribution in [-0.2, 0) is 17.8 Å². The lowest BCUT2D eigenvalue weighted by atomic mass is 10.00. The highest BCUT2D eigenvalue weighted by molar-refractivity contribution is 5.84. The van der Waals surface area contributed by atoms with Gasteiger partial charge in [0.2, 0.25) is 0 Å². The van der Waals surface area contributed by atoms with Crippen molar-refractivity contribution in [2.24, 2.45) is 0 Å². The van der Waals surface area contributed by atoms with Crippen LogP contribution in [0.4, 0.5) is 0 Å². The summed E-state index contributed by atoms with van der Waals surface area (Å²) in [5.41, 5.74) is 3.59. The minimum Gasteiger partial charge on any atom is -0.497 e. The first-order valence-corrected chi connectivity index (χ1v) is 7.41. The molecule has 3 nitrogen and oxygen atoms in total. The lowest BCUT2D eigenvalue weighted by molar-refractivity contribution is 0.111. The van der Waals surface area contributed by atoms with E-state index in [0.717, 1.165) is 24.3 Å². The largest absolute Gasteiger partial charge is 0.497 e. The minimum absolute atomic E-state index is 0.676. The highest BCUT2D eigenvalue weighted by Gasteiger charge is 2.13. The number of pyridine rings is 1. The van der Waals surface area contributed by atoms with E-state index in [9.17, 15) is 0 Å². The molecule has 0 spiro atoms. The van der Waals surface area contributed by atoms with Gasteiger partial charge in [-0.2, -0.15) is 0 Å². The number of ether oxygens (including phenoxy) is 2. The molecule has 3 heteroatoms. The maximum atomic E-state index is 5.43. The molecule has 0 unspecified atom stereocenters. The number of rotatable bonds is 1. The zero-order valence-electron chi connectivity index (χ0n) is 13.2. The summed E-state index contributed by atoms with van der Waals surface area (Å²) >= 11 is 0. The molecule has 0 saturated carbocycles. The summed E-state index contributed by atoms with van der Waals surface area (Å²) < 4.78 is 10.7. The van der Waals surface area contributed by atoms with Gasteiger partial charge in [0.25, 0.3) is 0 Å². The van der Waals surface area contributed by atoms with E-state index < -0.39 is 0 Å². The van der Waals surface area contributed by atoms with E-state index >= 15 is 0 Å². The molecule has 0 saturated heterocycles. The van der Waals surface area contributed by atoms with Gasteiger partial charge in [0, 0.05) is 11.6 Å². The number of aromatic nitrogens is 1.